The quantitative estimate of drug-likeness (QED) is 0.887. The molecule has 0 saturated carbocycles. The molecule has 66 valence electrons. The summed E-state index contributed by atoms with van der Waals surface area (Å²) in [5.74, 6) is 0. The zero-order chi connectivity index (χ0) is 8.97. The van der Waals surface area contributed by atoms with E-state index in [1.165, 1.54) is 5.56 Å². The molecule has 0 amide bonds. The monoisotopic (exact) mass is 245 g/mol. The third kappa shape index (κ3) is 2.51. The van der Waals surface area contributed by atoms with Crippen molar-refractivity contribution >= 4 is 27.7 Å². The zero-order valence-electron chi connectivity index (χ0n) is 6.96. The van der Waals surface area contributed by atoms with E-state index in [4.69, 9.17) is 5.73 Å². The summed E-state index contributed by atoms with van der Waals surface area (Å²) >= 11 is 5.22. The van der Waals surface area contributed by atoms with E-state index in [1.807, 2.05) is 12.1 Å². The van der Waals surface area contributed by atoms with Crippen molar-refractivity contribution in [2.24, 2.45) is 5.73 Å². The summed E-state index contributed by atoms with van der Waals surface area (Å²) in [4.78, 5) is 0. The molecule has 0 radical (unpaired) electrons. The second kappa shape index (κ2) is 4.90. The molecule has 0 bridgehead atoms. The number of benzene rings is 1. The lowest BCUT2D eigenvalue weighted by atomic mass is 10.1. The van der Waals surface area contributed by atoms with Gasteiger partial charge in [0.25, 0.3) is 0 Å². The number of halogens is 1. The number of nitrogens with two attached hydrogens (primary N) is 1. The SMILES string of the molecule is CSC(CN)c1cccc(Br)c1. The number of hydrogen-bond donors (Lipinski definition) is 1. The van der Waals surface area contributed by atoms with Crippen LogP contribution in [0, 0.1) is 0 Å². The molecule has 1 aromatic rings. The van der Waals surface area contributed by atoms with Crippen LogP contribution in [0.25, 0.3) is 0 Å². The van der Waals surface area contributed by atoms with Crippen molar-refractivity contribution < 1.29 is 0 Å². The average Bonchev–Trinajstić information content (AvgIpc) is 2.07. The van der Waals surface area contributed by atoms with E-state index < -0.39 is 0 Å². The van der Waals surface area contributed by atoms with Crippen molar-refractivity contribution in [1.29, 1.82) is 0 Å². The molecule has 2 N–H and O–H groups in total. The van der Waals surface area contributed by atoms with E-state index in [0.717, 1.165) is 4.47 Å². The Bertz CT molecular complexity index is 248. The van der Waals surface area contributed by atoms with Crippen LogP contribution in [0.1, 0.15) is 10.8 Å². The van der Waals surface area contributed by atoms with Crippen molar-refractivity contribution in [3.63, 3.8) is 0 Å². The van der Waals surface area contributed by atoms with Crippen LogP contribution in [0.2, 0.25) is 0 Å². The molecule has 1 nitrogen and oxygen atoms in total. The molecule has 0 heterocycles. The van der Waals surface area contributed by atoms with Crippen LogP contribution >= 0.6 is 27.7 Å². The molecule has 1 rings (SSSR count). The molecule has 0 fully saturated rings. The first kappa shape index (κ1) is 10.1. The number of hydrogen-bond acceptors (Lipinski definition) is 2. The van der Waals surface area contributed by atoms with E-state index in [0.29, 0.717) is 11.8 Å². The average molecular weight is 246 g/mol. The summed E-state index contributed by atoms with van der Waals surface area (Å²) < 4.78 is 1.12. The third-order valence-corrected chi connectivity index (χ3v) is 3.25. The first-order valence-corrected chi connectivity index (χ1v) is 5.84. The Hall–Kier alpha value is 0.01000. The van der Waals surface area contributed by atoms with Crippen LogP contribution in [0.4, 0.5) is 0 Å². The van der Waals surface area contributed by atoms with Crippen molar-refractivity contribution in [2.45, 2.75) is 5.25 Å². The van der Waals surface area contributed by atoms with Crippen LogP contribution < -0.4 is 5.73 Å². The Morgan fingerprint density at radius 3 is 2.83 bits per heavy atom. The van der Waals surface area contributed by atoms with Gasteiger partial charge < -0.3 is 5.73 Å². The van der Waals surface area contributed by atoms with Gasteiger partial charge in [-0.15, -0.1) is 0 Å². The lowest BCUT2D eigenvalue weighted by Gasteiger charge is -2.11. The van der Waals surface area contributed by atoms with Gasteiger partial charge in [-0.25, -0.2) is 0 Å². The van der Waals surface area contributed by atoms with Gasteiger partial charge in [0.2, 0.25) is 0 Å². The van der Waals surface area contributed by atoms with E-state index >= 15 is 0 Å². The molecule has 1 aromatic carbocycles. The molecule has 0 aliphatic heterocycles. The standard InChI is InChI=1S/C9H12BrNS/c1-12-9(6-11)7-3-2-4-8(10)5-7/h2-5,9H,6,11H2,1H3. The molecular formula is C9H12BrNS. The van der Waals surface area contributed by atoms with E-state index in [1.54, 1.807) is 11.8 Å². The molecule has 0 spiro atoms. The van der Waals surface area contributed by atoms with Gasteiger partial charge in [0.05, 0.1) is 0 Å². The van der Waals surface area contributed by atoms with E-state index in [9.17, 15) is 0 Å². The smallest absolute Gasteiger partial charge is 0.0417 e. The predicted octanol–water partition coefficient (Wildman–Crippen LogP) is 2.81. The summed E-state index contributed by atoms with van der Waals surface area (Å²) in [7, 11) is 0. The van der Waals surface area contributed by atoms with Gasteiger partial charge in [-0.3, -0.25) is 0 Å². The second-order valence-electron chi connectivity index (χ2n) is 2.52. The van der Waals surface area contributed by atoms with Gasteiger partial charge in [-0.1, -0.05) is 28.1 Å². The van der Waals surface area contributed by atoms with E-state index in [2.05, 4.69) is 34.3 Å². The third-order valence-electron chi connectivity index (χ3n) is 1.72. The zero-order valence-corrected chi connectivity index (χ0v) is 9.36. The first-order chi connectivity index (χ1) is 5.77. The molecule has 0 aromatic heterocycles. The summed E-state index contributed by atoms with van der Waals surface area (Å²) in [5, 5.41) is 0.419. The van der Waals surface area contributed by atoms with Crippen molar-refractivity contribution in [2.75, 3.05) is 12.8 Å². The van der Waals surface area contributed by atoms with Gasteiger partial charge in [0, 0.05) is 16.3 Å². The topological polar surface area (TPSA) is 26.0 Å². The molecule has 1 unspecified atom stereocenters. The maximum atomic E-state index is 5.63. The van der Waals surface area contributed by atoms with Gasteiger partial charge in [-0.2, -0.15) is 11.8 Å². The maximum absolute atomic E-state index is 5.63. The van der Waals surface area contributed by atoms with Crippen molar-refractivity contribution in [1.82, 2.24) is 0 Å². The Morgan fingerprint density at radius 1 is 1.58 bits per heavy atom. The lowest BCUT2D eigenvalue weighted by Crippen LogP contribution is -2.08. The Morgan fingerprint density at radius 2 is 2.33 bits per heavy atom. The highest BCUT2D eigenvalue weighted by Gasteiger charge is 2.06. The molecule has 12 heavy (non-hydrogen) atoms. The predicted molar refractivity (Wildman–Crippen MR) is 59.5 cm³/mol. The van der Waals surface area contributed by atoms with Crippen LogP contribution in [0.3, 0.4) is 0 Å². The molecule has 0 aliphatic carbocycles. The summed E-state index contributed by atoms with van der Waals surface area (Å²) in [6.45, 7) is 0.692. The summed E-state index contributed by atoms with van der Waals surface area (Å²) in [5.41, 5.74) is 6.92. The van der Waals surface area contributed by atoms with Crippen LogP contribution in [0.15, 0.2) is 28.7 Å². The maximum Gasteiger partial charge on any atom is 0.0417 e. The van der Waals surface area contributed by atoms with Gasteiger partial charge >= 0.3 is 0 Å². The Labute approximate surface area is 85.9 Å². The van der Waals surface area contributed by atoms with Crippen LogP contribution in [-0.2, 0) is 0 Å². The fourth-order valence-corrected chi connectivity index (χ4v) is 2.10. The Kier molecular flexibility index (Phi) is 4.12. The van der Waals surface area contributed by atoms with Crippen LogP contribution in [0.5, 0.6) is 0 Å². The molecule has 3 heteroatoms. The van der Waals surface area contributed by atoms with Gasteiger partial charge in [0.1, 0.15) is 0 Å². The highest BCUT2D eigenvalue weighted by molar-refractivity contribution is 9.10. The number of rotatable bonds is 3. The second-order valence-corrected chi connectivity index (χ2v) is 4.47. The van der Waals surface area contributed by atoms with Gasteiger partial charge in [0.15, 0.2) is 0 Å². The van der Waals surface area contributed by atoms with Crippen molar-refractivity contribution in [3.05, 3.63) is 34.3 Å². The van der Waals surface area contributed by atoms with Gasteiger partial charge in [-0.05, 0) is 24.0 Å². The summed E-state index contributed by atoms with van der Waals surface area (Å²) in [6.07, 6.45) is 2.08. The molecule has 0 saturated heterocycles. The minimum Gasteiger partial charge on any atom is -0.329 e. The molecule has 0 aliphatic rings. The largest absolute Gasteiger partial charge is 0.329 e. The molecule has 1 atom stereocenters. The highest BCUT2D eigenvalue weighted by Crippen LogP contribution is 2.26. The van der Waals surface area contributed by atoms with E-state index in [-0.39, 0.29) is 0 Å². The van der Waals surface area contributed by atoms with Crippen LogP contribution in [-0.4, -0.2) is 12.8 Å². The lowest BCUT2D eigenvalue weighted by molar-refractivity contribution is 0.944. The normalized spacial score (nSPS) is 12.9. The molecular weight excluding hydrogens is 234 g/mol. The summed E-state index contributed by atoms with van der Waals surface area (Å²) in [6, 6.07) is 8.29. The Balaban J connectivity index is 2.85. The number of thioether (sulfide) groups is 1. The fourth-order valence-electron chi connectivity index (χ4n) is 1.08. The first-order valence-electron chi connectivity index (χ1n) is 3.76. The minimum absolute atomic E-state index is 0.419. The van der Waals surface area contributed by atoms with Crippen molar-refractivity contribution in [3.8, 4) is 0 Å². The minimum atomic E-state index is 0.419. The fraction of sp³-hybridized carbons (Fsp3) is 0.333. The highest BCUT2D eigenvalue weighted by atomic mass is 79.9.